The molecule has 41 heavy (non-hydrogen) atoms. The van der Waals surface area contributed by atoms with Crippen LogP contribution in [-0.2, 0) is 0 Å². The quantitative estimate of drug-likeness (QED) is 0.173. The maximum atomic E-state index is 12.4. The number of benzene rings is 2. The Kier molecular flexibility index (Phi) is 9.63. The van der Waals surface area contributed by atoms with Gasteiger partial charge in [0.15, 0.2) is 0 Å². The van der Waals surface area contributed by atoms with Crippen LogP contribution in [0.1, 0.15) is 92.4 Å². The molecular formula is C31H42N8O2. The highest BCUT2D eigenvalue weighted by Gasteiger charge is 2.20. The zero-order valence-electron chi connectivity index (χ0n) is 24.0. The van der Waals surface area contributed by atoms with Crippen LogP contribution >= 0.6 is 0 Å². The van der Waals surface area contributed by atoms with E-state index in [-0.39, 0.29) is 24.1 Å². The Morgan fingerprint density at radius 3 is 1.54 bits per heavy atom. The monoisotopic (exact) mass is 558 g/mol. The molecule has 10 nitrogen and oxygen atoms in total. The Morgan fingerprint density at radius 1 is 0.683 bits per heavy atom. The number of aromatic nitrogens is 4. The van der Waals surface area contributed by atoms with Crippen LogP contribution in [0.25, 0.3) is 22.1 Å². The standard InChI is InChI=1S/C16H22N4O.C15H20N4O/c1-11(19-12-6-3-2-4-7-12)20-16(21)13-8-5-9-14-15(13)18-10-17-14;1-10(18-11-5-2-3-6-11)19-15(20)12-7-4-8-13-14(12)17-9-16-13/h5,8-12,19H,2-4,6-7H2,1H3,(H,17,18)(H,20,21);4,7-11,18H,2-3,5-6H2,1H3,(H,16,17)(H,19,20). The molecule has 218 valence electrons. The average molecular weight is 559 g/mol. The number of carbonyl (C=O) groups excluding carboxylic acids is 2. The van der Waals surface area contributed by atoms with Crippen molar-refractivity contribution < 1.29 is 9.59 Å². The summed E-state index contributed by atoms with van der Waals surface area (Å²) in [5.74, 6) is -0.163. The number of para-hydroxylation sites is 2. The SMILES string of the molecule is CC(NC(=O)c1cccc2[nH]cnc12)NC1CCCC1.CC(NC(=O)c1cccc2[nH]cnc12)NC1CCCCC1. The van der Waals surface area contributed by atoms with Crippen molar-refractivity contribution in [2.24, 2.45) is 0 Å². The lowest BCUT2D eigenvalue weighted by Crippen LogP contribution is -2.48. The molecule has 2 heterocycles. The largest absolute Gasteiger partial charge is 0.345 e. The molecule has 2 aromatic carbocycles. The van der Waals surface area contributed by atoms with Crippen molar-refractivity contribution in [2.45, 2.75) is 96.1 Å². The fourth-order valence-electron chi connectivity index (χ4n) is 6.00. The van der Waals surface area contributed by atoms with Crippen molar-refractivity contribution in [3.8, 4) is 0 Å². The van der Waals surface area contributed by atoms with Gasteiger partial charge in [-0.3, -0.25) is 20.2 Å². The van der Waals surface area contributed by atoms with Crippen molar-refractivity contribution in [3.05, 3.63) is 60.2 Å². The molecule has 10 heteroatoms. The normalized spacial score (nSPS) is 17.6. The van der Waals surface area contributed by atoms with Crippen molar-refractivity contribution in [3.63, 3.8) is 0 Å². The van der Waals surface area contributed by atoms with Crippen LogP contribution in [0.15, 0.2) is 49.1 Å². The van der Waals surface area contributed by atoms with E-state index in [1.807, 2.05) is 44.2 Å². The van der Waals surface area contributed by atoms with Crippen molar-refractivity contribution in [1.29, 1.82) is 0 Å². The Morgan fingerprint density at radius 2 is 1.10 bits per heavy atom. The van der Waals surface area contributed by atoms with Crippen LogP contribution in [0.5, 0.6) is 0 Å². The van der Waals surface area contributed by atoms with E-state index in [1.165, 1.54) is 57.8 Å². The number of imidazole rings is 2. The maximum absolute atomic E-state index is 12.4. The molecule has 4 aromatic rings. The number of amides is 2. The van der Waals surface area contributed by atoms with Crippen molar-refractivity contribution >= 4 is 33.9 Å². The fraction of sp³-hybridized carbons (Fsp3) is 0.484. The van der Waals surface area contributed by atoms with E-state index in [0.717, 1.165) is 22.1 Å². The summed E-state index contributed by atoms with van der Waals surface area (Å²) in [5.41, 5.74) is 4.44. The number of fused-ring (bicyclic) bond motifs is 2. The first-order chi connectivity index (χ1) is 20.0. The topological polar surface area (TPSA) is 140 Å². The molecular weight excluding hydrogens is 516 g/mol. The molecule has 2 aliphatic rings. The van der Waals surface area contributed by atoms with Gasteiger partial charge in [-0.15, -0.1) is 0 Å². The van der Waals surface area contributed by atoms with Gasteiger partial charge >= 0.3 is 0 Å². The smallest absolute Gasteiger partial charge is 0.254 e. The van der Waals surface area contributed by atoms with E-state index in [4.69, 9.17) is 0 Å². The predicted octanol–water partition coefficient (Wildman–Crippen LogP) is 4.73. The van der Waals surface area contributed by atoms with E-state index in [1.54, 1.807) is 18.7 Å². The summed E-state index contributed by atoms with van der Waals surface area (Å²) in [4.78, 5) is 39.2. The predicted molar refractivity (Wildman–Crippen MR) is 161 cm³/mol. The molecule has 2 fully saturated rings. The van der Waals surface area contributed by atoms with Crippen LogP contribution in [0.3, 0.4) is 0 Å². The highest BCUT2D eigenvalue weighted by atomic mass is 16.2. The number of hydrogen-bond donors (Lipinski definition) is 6. The second kappa shape index (κ2) is 13.7. The summed E-state index contributed by atoms with van der Waals surface area (Å²) < 4.78 is 0. The van der Waals surface area contributed by atoms with E-state index in [9.17, 15) is 9.59 Å². The Balaban J connectivity index is 0.000000165. The number of nitrogens with one attached hydrogen (secondary N) is 6. The zero-order valence-corrected chi connectivity index (χ0v) is 24.0. The van der Waals surface area contributed by atoms with Crippen LogP contribution in [0.4, 0.5) is 0 Å². The van der Waals surface area contributed by atoms with E-state index in [0.29, 0.717) is 23.2 Å². The maximum Gasteiger partial charge on any atom is 0.254 e. The number of rotatable bonds is 8. The van der Waals surface area contributed by atoms with Crippen LogP contribution in [0, 0.1) is 0 Å². The van der Waals surface area contributed by atoms with E-state index >= 15 is 0 Å². The molecule has 2 saturated carbocycles. The van der Waals surface area contributed by atoms with Gasteiger partial charge in [0.05, 0.1) is 47.1 Å². The highest BCUT2D eigenvalue weighted by Crippen LogP contribution is 2.19. The van der Waals surface area contributed by atoms with Gasteiger partial charge in [0.2, 0.25) is 0 Å². The third kappa shape index (κ3) is 7.51. The number of nitrogens with zero attached hydrogens (tertiary/aromatic N) is 2. The molecule has 6 rings (SSSR count). The minimum atomic E-state index is -0.0827. The minimum absolute atomic E-state index is 0.0280. The first kappa shape index (κ1) is 28.8. The van der Waals surface area contributed by atoms with Gasteiger partial charge in [0.25, 0.3) is 11.8 Å². The Labute approximate surface area is 240 Å². The van der Waals surface area contributed by atoms with Crippen LogP contribution in [-0.4, -0.2) is 56.2 Å². The molecule has 2 aliphatic carbocycles. The Bertz CT molecular complexity index is 1430. The molecule has 0 spiro atoms. The van der Waals surface area contributed by atoms with Crippen molar-refractivity contribution in [2.75, 3.05) is 0 Å². The van der Waals surface area contributed by atoms with Gasteiger partial charge in [0.1, 0.15) is 11.0 Å². The van der Waals surface area contributed by atoms with Gasteiger partial charge in [-0.25, -0.2) is 9.97 Å². The summed E-state index contributed by atoms with van der Waals surface area (Å²) in [5, 5.41) is 13.0. The molecule has 0 bridgehead atoms. The van der Waals surface area contributed by atoms with Gasteiger partial charge in [-0.2, -0.15) is 0 Å². The summed E-state index contributed by atoms with van der Waals surface area (Å²) in [7, 11) is 0. The lowest BCUT2D eigenvalue weighted by atomic mass is 9.95. The molecule has 0 saturated heterocycles. The van der Waals surface area contributed by atoms with Gasteiger partial charge < -0.3 is 20.6 Å². The van der Waals surface area contributed by atoms with Crippen molar-refractivity contribution in [1.82, 2.24) is 41.2 Å². The number of hydrogen-bond acceptors (Lipinski definition) is 6. The molecule has 2 amide bonds. The zero-order chi connectivity index (χ0) is 28.6. The van der Waals surface area contributed by atoms with Crippen LogP contribution in [0.2, 0.25) is 0 Å². The highest BCUT2D eigenvalue weighted by molar-refractivity contribution is 6.05. The van der Waals surface area contributed by atoms with Gasteiger partial charge in [0, 0.05) is 12.1 Å². The van der Waals surface area contributed by atoms with Crippen LogP contribution < -0.4 is 21.3 Å². The second-order valence-corrected chi connectivity index (χ2v) is 11.2. The lowest BCUT2D eigenvalue weighted by Gasteiger charge is -2.27. The molecule has 0 aliphatic heterocycles. The molecule has 2 aromatic heterocycles. The van der Waals surface area contributed by atoms with E-state index in [2.05, 4.69) is 41.2 Å². The average Bonchev–Trinajstić information content (AvgIpc) is 3.75. The van der Waals surface area contributed by atoms with Gasteiger partial charge in [-0.05, 0) is 63.8 Å². The minimum Gasteiger partial charge on any atom is -0.345 e. The van der Waals surface area contributed by atoms with Gasteiger partial charge in [-0.1, -0.05) is 44.2 Å². The Hall–Kier alpha value is -3.76. The summed E-state index contributed by atoms with van der Waals surface area (Å²) >= 11 is 0. The molecule has 6 N–H and O–H groups in total. The van der Waals surface area contributed by atoms with E-state index < -0.39 is 0 Å². The third-order valence-electron chi connectivity index (χ3n) is 8.02. The summed E-state index contributed by atoms with van der Waals surface area (Å²) in [6.07, 6.45) is 14.4. The molecule has 0 radical (unpaired) electrons. The summed E-state index contributed by atoms with van der Waals surface area (Å²) in [6, 6.07) is 12.2. The molecule has 2 atom stereocenters. The first-order valence-corrected chi connectivity index (χ1v) is 15.0. The summed E-state index contributed by atoms with van der Waals surface area (Å²) in [6.45, 7) is 3.98. The number of aromatic amines is 2. The fourth-order valence-corrected chi connectivity index (χ4v) is 6.00. The number of H-pyrrole nitrogens is 2. The number of carbonyl (C=O) groups is 2. The lowest BCUT2D eigenvalue weighted by molar-refractivity contribution is 0.0922. The second-order valence-electron chi connectivity index (χ2n) is 11.2. The molecule has 2 unspecified atom stereocenters. The third-order valence-corrected chi connectivity index (χ3v) is 8.02. The first-order valence-electron chi connectivity index (χ1n) is 15.0.